The first-order valence-electron chi connectivity index (χ1n) is 23.4. The predicted molar refractivity (Wildman–Crippen MR) is 243 cm³/mol. The number of hydrogen-bond donors (Lipinski definition) is 3. The second kappa shape index (κ2) is 18.3. The van der Waals surface area contributed by atoms with E-state index in [-0.39, 0.29) is 61.9 Å². The molecule has 20 heteroatoms. The van der Waals surface area contributed by atoms with E-state index in [0.29, 0.717) is 69.0 Å². The van der Waals surface area contributed by atoms with Gasteiger partial charge in [-0.3, -0.25) is 23.9 Å². The Morgan fingerprint density at radius 1 is 1.01 bits per heavy atom. The fourth-order valence-electron chi connectivity index (χ4n) is 9.68. The number of carbonyl (C=O) groups excluding carboxylic acids is 4. The van der Waals surface area contributed by atoms with Crippen LogP contribution in [0.5, 0.6) is 11.5 Å². The molecular formula is C48H59F3N6O10S. The molecule has 5 unspecified atom stereocenters. The van der Waals surface area contributed by atoms with E-state index in [9.17, 15) is 32.4 Å². The van der Waals surface area contributed by atoms with Gasteiger partial charge >= 0.3 is 12.3 Å². The molecule has 68 heavy (non-hydrogen) atoms. The largest absolute Gasteiger partial charge is 0.494 e. The van der Waals surface area contributed by atoms with Gasteiger partial charge in [-0.25, -0.2) is 18.2 Å². The van der Waals surface area contributed by atoms with Gasteiger partial charge in [0.2, 0.25) is 27.4 Å². The third-order valence-electron chi connectivity index (χ3n) is 13.9. The van der Waals surface area contributed by atoms with Crippen molar-refractivity contribution < 1.29 is 55.0 Å². The highest BCUT2D eigenvalue weighted by Crippen LogP contribution is 2.50. The van der Waals surface area contributed by atoms with E-state index in [1.807, 2.05) is 6.08 Å². The van der Waals surface area contributed by atoms with Crippen LogP contribution in [0.2, 0.25) is 0 Å². The number of alkyl carbamates (subject to hydrolysis) is 1. The number of rotatable bonds is 9. The van der Waals surface area contributed by atoms with Crippen molar-refractivity contribution in [2.24, 2.45) is 5.92 Å². The number of nitrogens with zero attached hydrogens (tertiary/aromatic N) is 3. The number of sulfonamides is 1. The third-order valence-corrected chi connectivity index (χ3v) is 16.1. The van der Waals surface area contributed by atoms with Gasteiger partial charge in [-0.1, -0.05) is 31.1 Å². The number of hydrogen-bond acceptors (Lipinski definition) is 11. The van der Waals surface area contributed by atoms with Gasteiger partial charge in [0.25, 0.3) is 5.91 Å². The topological polar surface area (TPSA) is 204 Å². The Labute approximate surface area is 392 Å². The first-order valence-corrected chi connectivity index (χ1v) is 24.9. The molecule has 8 rings (SSSR count). The normalized spacial score (nSPS) is 26.2. The van der Waals surface area contributed by atoms with E-state index in [1.54, 1.807) is 55.8 Å². The number of pyridine rings is 2. The molecule has 16 nitrogen and oxygen atoms in total. The average Bonchev–Trinajstić information content (AvgIpc) is 3.92. The van der Waals surface area contributed by atoms with E-state index in [4.69, 9.17) is 14.2 Å². The van der Waals surface area contributed by atoms with Gasteiger partial charge in [0, 0.05) is 42.1 Å². The molecule has 3 aromatic rings. The molecule has 3 N–H and O–H groups in total. The van der Waals surface area contributed by atoms with Crippen LogP contribution in [0.1, 0.15) is 116 Å². The van der Waals surface area contributed by atoms with Crippen LogP contribution in [-0.2, 0) is 48.3 Å². The van der Waals surface area contributed by atoms with Crippen LogP contribution in [0.25, 0.3) is 10.9 Å². The summed E-state index contributed by atoms with van der Waals surface area (Å²) in [6.07, 6.45) is 3.55. The Morgan fingerprint density at radius 2 is 1.79 bits per heavy atom. The first-order chi connectivity index (χ1) is 32.0. The van der Waals surface area contributed by atoms with E-state index >= 15 is 13.2 Å². The Morgan fingerprint density at radius 3 is 2.49 bits per heavy atom. The second-order valence-electron chi connectivity index (χ2n) is 20.1. The number of fused-ring (bicyclic) bond motifs is 5. The zero-order chi connectivity index (χ0) is 48.9. The molecule has 5 atom stereocenters. The van der Waals surface area contributed by atoms with Crippen molar-refractivity contribution in [3.05, 3.63) is 76.4 Å². The number of allylic oxidation sites excluding steroid dienone is 1. The molecule has 2 saturated carbocycles. The fraction of sp³-hybridized carbons (Fsp3) is 0.583. The van der Waals surface area contributed by atoms with E-state index in [1.165, 1.54) is 30.0 Å². The highest BCUT2D eigenvalue weighted by molar-refractivity contribution is 7.91. The molecule has 3 aliphatic heterocycles. The molecule has 2 aromatic heterocycles. The van der Waals surface area contributed by atoms with Crippen molar-refractivity contribution in [3.8, 4) is 11.5 Å². The summed E-state index contributed by atoms with van der Waals surface area (Å²) in [5.41, 5.74) is -5.41. The number of nitrogens with one attached hydrogen (secondary N) is 3. The zero-order valence-electron chi connectivity index (χ0n) is 38.7. The monoisotopic (exact) mass is 968 g/mol. The van der Waals surface area contributed by atoms with Crippen molar-refractivity contribution in [3.63, 3.8) is 0 Å². The summed E-state index contributed by atoms with van der Waals surface area (Å²) in [6, 6.07) is 6.74. The van der Waals surface area contributed by atoms with Crippen molar-refractivity contribution in [2.75, 3.05) is 13.2 Å². The van der Waals surface area contributed by atoms with Gasteiger partial charge in [-0.05, 0) is 116 Å². The quantitative estimate of drug-likeness (QED) is 0.162. The Bertz CT molecular complexity index is 2680. The van der Waals surface area contributed by atoms with Gasteiger partial charge in [0.15, 0.2) is 11.4 Å². The first kappa shape index (κ1) is 48.8. The van der Waals surface area contributed by atoms with Gasteiger partial charge in [0.05, 0.1) is 23.4 Å². The lowest BCUT2D eigenvalue weighted by atomic mass is 9.65. The number of aromatic nitrogens is 2. The Hall–Kier alpha value is -5.66. The van der Waals surface area contributed by atoms with E-state index < -0.39 is 90.9 Å². The zero-order valence-corrected chi connectivity index (χ0v) is 39.5. The van der Waals surface area contributed by atoms with Crippen LogP contribution in [-0.4, -0.2) is 93.4 Å². The van der Waals surface area contributed by atoms with Crippen LogP contribution < -0.4 is 30.4 Å². The maximum absolute atomic E-state index is 15.1. The molecule has 0 radical (unpaired) electrons. The third kappa shape index (κ3) is 10.1. The molecule has 1 aromatic carbocycles. The minimum absolute atomic E-state index is 0.0175. The van der Waals surface area contributed by atoms with E-state index in [0.717, 1.165) is 0 Å². The lowest BCUT2D eigenvalue weighted by Crippen LogP contribution is -2.70. The molecule has 1 saturated heterocycles. The molecule has 3 fully saturated rings. The molecule has 5 aliphatic rings. The van der Waals surface area contributed by atoms with Crippen molar-refractivity contribution in [2.45, 2.75) is 157 Å². The average molecular weight is 969 g/mol. The smallest absolute Gasteiger partial charge is 0.437 e. The number of benzene rings is 1. The lowest BCUT2D eigenvalue weighted by Gasteiger charge is -2.48. The summed E-state index contributed by atoms with van der Waals surface area (Å²) < 4.78 is 92.6. The number of carbonyl (C=O) groups is 4. The van der Waals surface area contributed by atoms with Crippen molar-refractivity contribution in [1.82, 2.24) is 29.8 Å². The summed E-state index contributed by atoms with van der Waals surface area (Å²) in [7, 11) is -4.14. The van der Waals surface area contributed by atoms with Crippen LogP contribution >= 0.6 is 0 Å². The van der Waals surface area contributed by atoms with Gasteiger partial charge in [-0.2, -0.15) is 13.2 Å². The number of amides is 4. The predicted octanol–water partition coefficient (Wildman–Crippen LogP) is 6.23. The van der Waals surface area contributed by atoms with Crippen LogP contribution in [0.4, 0.5) is 18.0 Å². The summed E-state index contributed by atoms with van der Waals surface area (Å²) >= 11 is 0. The summed E-state index contributed by atoms with van der Waals surface area (Å²) in [4.78, 5) is 74.7. The summed E-state index contributed by atoms with van der Waals surface area (Å²) in [5, 5.41) is 5.90. The van der Waals surface area contributed by atoms with Crippen LogP contribution in [0, 0.1) is 5.92 Å². The molecule has 2 aliphatic carbocycles. The van der Waals surface area contributed by atoms with Gasteiger partial charge < -0.3 is 34.3 Å². The number of halogens is 3. The molecule has 0 bridgehead atoms. The van der Waals surface area contributed by atoms with Crippen LogP contribution in [0.3, 0.4) is 0 Å². The second-order valence-corrected chi connectivity index (χ2v) is 22.3. The number of ether oxygens (including phenoxy) is 3. The maximum atomic E-state index is 15.1. The molecule has 368 valence electrons. The highest BCUT2D eigenvalue weighted by Gasteiger charge is 2.60. The number of alkyl halides is 3. The summed E-state index contributed by atoms with van der Waals surface area (Å²) in [5.74, 6) is -3.23. The fourth-order valence-corrected chi connectivity index (χ4v) is 11.0. The van der Waals surface area contributed by atoms with Crippen molar-refractivity contribution >= 4 is 44.7 Å². The van der Waals surface area contributed by atoms with E-state index in [2.05, 4.69) is 20.3 Å². The standard InChI is InChI=1S/C48H59F3N6O10S/c1-44(2,3)67-43(62)53-35-14-9-7-5-6-8-13-30-18-21-47(30,42(61)55-68(63,64)45(4)22-23-45)54-40(59)36-28-46(29-57(36)41(35)60)20-19-32-33-27-31(65-26-12-25-56-24-11-10-15-37(56)58)16-17-34(33)52-39(38(32)66-46)48(49,50)51/h8,10-11,13,15-17,24,27,30,35-36H,5-7,9,12,14,18-23,25-26,28-29H2,1-4H3,(H,53,62)(H,54,59)(H,55,61). The molecule has 5 heterocycles. The molecular weight excluding hydrogens is 910 g/mol. The summed E-state index contributed by atoms with van der Waals surface area (Å²) in [6.45, 7) is 6.75. The lowest BCUT2D eigenvalue weighted by molar-refractivity contribution is -0.145. The Balaban J connectivity index is 1.13. The molecule has 1 spiro atoms. The highest BCUT2D eigenvalue weighted by atomic mass is 32.2. The minimum Gasteiger partial charge on any atom is -0.494 e. The number of aryl methyl sites for hydroxylation is 2. The van der Waals surface area contributed by atoms with Crippen LogP contribution in [0.15, 0.2) is 59.5 Å². The van der Waals surface area contributed by atoms with Crippen molar-refractivity contribution in [1.29, 1.82) is 0 Å². The minimum atomic E-state index is -4.98. The van der Waals surface area contributed by atoms with Gasteiger partial charge in [-0.15, -0.1) is 0 Å². The van der Waals surface area contributed by atoms with Gasteiger partial charge in [0.1, 0.15) is 34.6 Å². The Kier molecular flexibility index (Phi) is 13.2. The molecule has 4 amide bonds. The SMILES string of the molecule is CC(C)(C)OC(=O)NC1CCCCCC=CC2CCC2(C(=O)NS(=O)(=O)C2(C)CC2)NC(=O)C2CC3(CCc4c(c(C(F)(F)F)nc5ccc(OCCCn6ccccc6=O)cc45)O3)CN2C1=O. The maximum Gasteiger partial charge on any atom is 0.437 e.